The second-order valence-electron chi connectivity index (χ2n) is 4.44. The number of piperidine rings is 1. The van der Waals surface area contributed by atoms with Crippen molar-refractivity contribution >= 4 is 6.08 Å². The molecule has 0 radical (unpaired) electrons. The van der Waals surface area contributed by atoms with Gasteiger partial charge in [-0.2, -0.15) is 0 Å². The van der Waals surface area contributed by atoms with Gasteiger partial charge < -0.3 is 4.90 Å². The quantitative estimate of drug-likeness (QED) is 0.709. The van der Waals surface area contributed by atoms with Crippen molar-refractivity contribution in [2.24, 2.45) is 5.92 Å². The molecular weight excluding hydrogens is 182 g/mol. The minimum Gasteiger partial charge on any atom is -0.377 e. The van der Waals surface area contributed by atoms with Crippen molar-refractivity contribution in [3.63, 3.8) is 0 Å². The third-order valence-corrected chi connectivity index (χ3v) is 3.10. The Bertz CT molecular complexity index is 307. The van der Waals surface area contributed by atoms with Crippen LogP contribution in [-0.4, -0.2) is 18.0 Å². The minimum atomic E-state index is 0.909. The van der Waals surface area contributed by atoms with E-state index in [9.17, 15) is 0 Å². The van der Waals surface area contributed by atoms with E-state index in [1.165, 1.54) is 31.5 Å². The van der Waals surface area contributed by atoms with Gasteiger partial charge in [-0.05, 0) is 36.6 Å². The van der Waals surface area contributed by atoms with Crippen LogP contribution < -0.4 is 0 Å². The number of benzene rings is 1. The third kappa shape index (κ3) is 3.12. The first kappa shape index (κ1) is 10.3. The number of nitrogens with zero attached hydrogens (tertiary/aromatic N) is 1. The number of hydrogen-bond donors (Lipinski definition) is 0. The maximum atomic E-state index is 2.42. The Morgan fingerprint density at radius 3 is 2.47 bits per heavy atom. The summed E-state index contributed by atoms with van der Waals surface area (Å²) in [5, 5.41) is 0. The maximum Gasteiger partial charge on any atom is 0.0175 e. The van der Waals surface area contributed by atoms with Crippen LogP contribution in [0.25, 0.3) is 6.08 Å². The van der Waals surface area contributed by atoms with Crippen LogP contribution in [0.1, 0.15) is 25.3 Å². The van der Waals surface area contributed by atoms with E-state index in [1.54, 1.807) is 0 Å². The van der Waals surface area contributed by atoms with Crippen molar-refractivity contribution < 1.29 is 0 Å². The number of rotatable bonds is 2. The fourth-order valence-electron chi connectivity index (χ4n) is 1.93. The second-order valence-corrected chi connectivity index (χ2v) is 4.44. The Morgan fingerprint density at radius 1 is 1.13 bits per heavy atom. The van der Waals surface area contributed by atoms with Gasteiger partial charge >= 0.3 is 0 Å². The lowest BCUT2D eigenvalue weighted by Gasteiger charge is -2.29. The topological polar surface area (TPSA) is 3.24 Å². The molecule has 1 aliphatic rings. The van der Waals surface area contributed by atoms with Crippen molar-refractivity contribution in [1.29, 1.82) is 0 Å². The van der Waals surface area contributed by atoms with E-state index < -0.39 is 0 Å². The van der Waals surface area contributed by atoms with E-state index in [4.69, 9.17) is 0 Å². The summed E-state index contributed by atoms with van der Waals surface area (Å²) in [6, 6.07) is 10.5. The average molecular weight is 201 g/mol. The fraction of sp³-hybridized carbons (Fsp3) is 0.429. The molecule has 1 saturated heterocycles. The molecule has 0 bridgehead atoms. The van der Waals surface area contributed by atoms with Gasteiger partial charge in [0.05, 0.1) is 0 Å². The summed E-state index contributed by atoms with van der Waals surface area (Å²) < 4.78 is 0. The summed E-state index contributed by atoms with van der Waals surface area (Å²) >= 11 is 0. The highest BCUT2D eigenvalue weighted by Crippen LogP contribution is 2.16. The smallest absolute Gasteiger partial charge is 0.0175 e. The van der Waals surface area contributed by atoms with E-state index in [0.29, 0.717) is 0 Å². The first-order chi connectivity index (χ1) is 7.34. The Kier molecular flexibility index (Phi) is 3.44. The first-order valence-electron chi connectivity index (χ1n) is 5.82. The van der Waals surface area contributed by atoms with E-state index >= 15 is 0 Å². The molecule has 1 fully saturated rings. The van der Waals surface area contributed by atoms with E-state index in [1.807, 2.05) is 0 Å². The Balaban J connectivity index is 1.89. The van der Waals surface area contributed by atoms with Crippen LogP contribution in [0.5, 0.6) is 0 Å². The molecule has 15 heavy (non-hydrogen) atoms. The molecule has 0 aromatic heterocycles. The van der Waals surface area contributed by atoms with Crippen LogP contribution in [0.2, 0.25) is 0 Å². The summed E-state index contributed by atoms with van der Waals surface area (Å²) in [5.41, 5.74) is 1.29. The monoisotopic (exact) mass is 201 g/mol. The Morgan fingerprint density at radius 2 is 1.80 bits per heavy atom. The van der Waals surface area contributed by atoms with Gasteiger partial charge in [0.2, 0.25) is 0 Å². The molecule has 1 aliphatic heterocycles. The van der Waals surface area contributed by atoms with Crippen LogP contribution in [0.4, 0.5) is 0 Å². The zero-order valence-electron chi connectivity index (χ0n) is 9.39. The normalized spacial score (nSPS) is 18.6. The third-order valence-electron chi connectivity index (χ3n) is 3.10. The molecule has 0 atom stereocenters. The molecule has 1 aromatic carbocycles. The lowest BCUT2D eigenvalue weighted by Crippen LogP contribution is -2.28. The molecule has 0 saturated carbocycles. The Hall–Kier alpha value is -1.24. The summed E-state index contributed by atoms with van der Waals surface area (Å²) in [4.78, 5) is 2.42. The molecule has 0 unspecified atom stereocenters. The van der Waals surface area contributed by atoms with Gasteiger partial charge in [0.25, 0.3) is 0 Å². The van der Waals surface area contributed by atoms with E-state index in [2.05, 4.69) is 54.4 Å². The van der Waals surface area contributed by atoms with Gasteiger partial charge in [-0.25, -0.2) is 0 Å². The predicted molar refractivity (Wildman–Crippen MR) is 65.4 cm³/mol. The highest BCUT2D eigenvalue weighted by molar-refractivity contribution is 5.48. The highest BCUT2D eigenvalue weighted by atomic mass is 15.1. The summed E-state index contributed by atoms with van der Waals surface area (Å²) in [6.07, 6.45) is 7.11. The molecule has 0 N–H and O–H groups in total. The molecule has 0 aliphatic carbocycles. The molecule has 1 heteroatoms. The minimum absolute atomic E-state index is 0.909. The zero-order chi connectivity index (χ0) is 10.5. The number of likely N-dealkylation sites (tertiary alicyclic amines) is 1. The summed E-state index contributed by atoms with van der Waals surface area (Å²) in [7, 11) is 0. The van der Waals surface area contributed by atoms with Crippen molar-refractivity contribution in [3.05, 3.63) is 42.1 Å². The molecule has 0 amide bonds. The van der Waals surface area contributed by atoms with E-state index in [0.717, 1.165) is 5.92 Å². The van der Waals surface area contributed by atoms with Crippen molar-refractivity contribution in [1.82, 2.24) is 4.90 Å². The maximum absolute atomic E-state index is 2.42. The van der Waals surface area contributed by atoms with Crippen molar-refractivity contribution in [2.45, 2.75) is 19.8 Å². The lowest BCUT2D eigenvalue weighted by atomic mass is 10.00. The lowest BCUT2D eigenvalue weighted by molar-refractivity contribution is 0.256. The highest BCUT2D eigenvalue weighted by Gasteiger charge is 2.11. The van der Waals surface area contributed by atoms with Crippen LogP contribution >= 0.6 is 0 Å². The van der Waals surface area contributed by atoms with Gasteiger partial charge in [-0.1, -0.05) is 37.3 Å². The standard InChI is InChI=1S/C14H19N/c1-13-7-10-15(11-8-13)12-9-14-5-3-2-4-6-14/h2-6,9,12-13H,7-8,10-11H2,1H3. The fourth-order valence-corrected chi connectivity index (χ4v) is 1.93. The van der Waals surface area contributed by atoms with Crippen LogP contribution in [0.3, 0.4) is 0 Å². The van der Waals surface area contributed by atoms with Crippen molar-refractivity contribution in [2.75, 3.05) is 13.1 Å². The van der Waals surface area contributed by atoms with Crippen LogP contribution in [-0.2, 0) is 0 Å². The van der Waals surface area contributed by atoms with E-state index in [-0.39, 0.29) is 0 Å². The second kappa shape index (κ2) is 5.01. The van der Waals surface area contributed by atoms with Gasteiger partial charge in [0.1, 0.15) is 0 Å². The molecule has 1 aromatic rings. The zero-order valence-corrected chi connectivity index (χ0v) is 9.39. The summed E-state index contributed by atoms with van der Waals surface area (Å²) in [6.45, 7) is 4.77. The number of hydrogen-bond acceptors (Lipinski definition) is 1. The molecule has 0 spiro atoms. The van der Waals surface area contributed by atoms with Gasteiger partial charge in [-0.15, -0.1) is 0 Å². The van der Waals surface area contributed by atoms with Crippen molar-refractivity contribution in [3.8, 4) is 0 Å². The van der Waals surface area contributed by atoms with Gasteiger partial charge in [-0.3, -0.25) is 0 Å². The molecule has 1 nitrogen and oxygen atoms in total. The molecule has 2 rings (SSSR count). The molecule has 80 valence electrons. The SMILES string of the molecule is CC1CCN(C=Cc2ccccc2)CC1. The first-order valence-corrected chi connectivity index (χ1v) is 5.82. The Labute approximate surface area is 92.4 Å². The van der Waals surface area contributed by atoms with Crippen LogP contribution in [0.15, 0.2) is 36.5 Å². The van der Waals surface area contributed by atoms with Crippen LogP contribution in [0, 0.1) is 5.92 Å². The van der Waals surface area contributed by atoms with Gasteiger partial charge in [0, 0.05) is 13.1 Å². The average Bonchev–Trinajstić information content (AvgIpc) is 2.30. The summed E-state index contributed by atoms with van der Waals surface area (Å²) in [5.74, 6) is 0.909. The molecular formula is C14H19N. The van der Waals surface area contributed by atoms with Gasteiger partial charge in [0.15, 0.2) is 0 Å². The largest absolute Gasteiger partial charge is 0.377 e. The predicted octanol–water partition coefficient (Wildman–Crippen LogP) is 3.39. The molecule has 1 heterocycles.